The van der Waals surface area contributed by atoms with Gasteiger partial charge in [-0.15, -0.1) is 0 Å². The Labute approximate surface area is 121 Å². The van der Waals surface area contributed by atoms with Crippen molar-refractivity contribution in [1.82, 2.24) is 0 Å². The third-order valence-corrected chi connectivity index (χ3v) is 4.24. The minimum Gasteiger partial charge on any atom is -0.595 e. The number of hydrogen-bond donors (Lipinski definition) is 0. The van der Waals surface area contributed by atoms with E-state index in [1.54, 1.807) is 0 Å². The van der Waals surface area contributed by atoms with Crippen LogP contribution in [0, 0.1) is 23.7 Å². The largest absolute Gasteiger partial charge is 3.00 e. The van der Waals surface area contributed by atoms with Crippen LogP contribution in [0.15, 0.2) is 11.1 Å². The van der Waals surface area contributed by atoms with E-state index in [0.29, 0.717) is 0 Å². The summed E-state index contributed by atoms with van der Waals surface area (Å²) < 4.78 is 0. The summed E-state index contributed by atoms with van der Waals surface area (Å²) in [6.45, 7) is 8.16. The maximum atomic E-state index is 11.6. The molecule has 0 bridgehead atoms. The standard InChI is InChI=1S/C12H17NO2.Y/c1-5-6(2)8(4)10-9(7(5)3)11(14)13-12(10)15;/h7-10H,1-4H3,(H,13,14,15);/q;+3/p-1. The van der Waals surface area contributed by atoms with Gasteiger partial charge in [-0.2, -0.15) is 0 Å². The molecule has 2 rings (SSSR count). The van der Waals surface area contributed by atoms with Gasteiger partial charge in [0.25, 0.3) is 0 Å². The number of nitrogens with zero attached hydrogens (tertiary/aromatic N) is 1. The Hall–Kier alpha value is -0.0161. The van der Waals surface area contributed by atoms with Crippen LogP contribution >= 0.6 is 0 Å². The zero-order valence-electron chi connectivity index (χ0n) is 10.2. The molecule has 4 atom stereocenters. The summed E-state index contributed by atoms with van der Waals surface area (Å²) in [5.41, 5.74) is 2.50. The summed E-state index contributed by atoms with van der Waals surface area (Å²) in [5, 5.41) is 3.60. The molecule has 2 amide bonds. The van der Waals surface area contributed by atoms with Gasteiger partial charge in [0.05, 0.1) is 11.8 Å². The molecule has 82 valence electrons. The van der Waals surface area contributed by atoms with Gasteiger partial charge in [0.2, 0.25) is 0 Å². The molecule has 0 N–H and O–H groups in total. The Morgan fingerprint density at radius 3 is 1.50 bits per heavy atom. The number of allylic oxidation sites excluding steroid dienone is 2. The SMILES string of the molecule is CC1=C(C)C(C)C2C(=O)[N-]C(=O)C2C1C.[Y+3]. The predicted octanol–water partition coefficient (Wildman–Crippen LogP) is 2.28. The summed E-state index contributed by atoms with van der Waals surface area (Å²) in [6, 6.07) is 0. The molecular weight excluding hydrogens is 279 g/mol. The van der Waals surface area contributed by atoms with Gasteiger partial charge < -0.3 is 14.9 Å². The van der Waals surface area contributed by atoms with Crippen LogP contribution in [0.4, 0.5) is 0 Å². The quantitative estimate of drug-likeness (QED) is 0.508. The number of carbonyl (C=O) groups excluding carboxylic acids is 2. The smallest absolute Gasteiger partial charge is 0.595 e. The van der Waals surface area contributed by atoms with Gasteiger partial charge in [-0.1, -0.05) is 25.0 Å². The number of hydrogen-bond acceptors (Lipinski definition) is 2. The molecule has 1 saturated heterocycles. The first kappa shape index (κ1) is 14.0. The Morgan fingerprint density at radius 2 is 1.19 bits per heavy atom. The Bertz CT molecular complexity index is 341. The number of rotatable bonds is 0. The van der Waals surface area contributed by atoms with Crippen molar-refractivity contribution >= 4 is 11.8 Å². The topological polar surface area (TPSA) is 48.2 Å². The molecule has 16 heavy (non-hydrogen) atoms. The van der Waals surface area contributed by atoms with E-state index in [4.69, 9.17) is 0 Å². The molecule has 0 saturated carbocycles. The molecule has 4 unspecified atom stereocenters. The van der Waals surface area contributed by atoms with E-state index in [0.717, 1.165) is 0 Å². The molecule has 4 heteroatoms. The number of amides is 2. The van der Waals surface area contributed by atoms with E-state index in [-0.39, 0.29) is 68.2 Å². The average molecular weight is 295 g/mol. The van der Waals surface area contributed by atoms with E-state index >= 15 is 0 Å². The molecule has 1 fully saturated rings. The molecule has 0 aromatic rings. The summed E-state index contributed by atoms with van der Waals surface area (Å²) in [6.07, 6.45) is 0. The van der Waals surface area contributed by atoms with Crippen molar-refractivity contribution in [3.63, 3.8) is 0 Å². The van der Waals surface area contributed by atoms with E-state index in [9.17, 15) is 9.59 Å². The molecule has 0 aromatic carbocycles. The fourth-order valence-corrected chi connectivity index (χ4v) is 2.87. The summed E-state index contributed by atoms with van der Waals surface area (Å²) in [4.78, 5) is 23.2. The number of fused-ring (bicyclic) bond motifs is 1. The second kappa shape index (κ2) is 4.69. The molecule has 1 aliphatic carbocycles. The summed E-state index contributed by atoms with van der Waals surface area (Å²) >= 11 is 0. The van der Waals surface area contributed by atoms with Crippen LogP contribution in [0.5, 0.6) is 0 Å². The fourth-order valence-electron chi connectivity index (χ4n) is 2.87. The van der Waals surface area contributed by atoms with E-state index in [2.05, 4.69) is 19.2 Å². The third-order valence-electron chi connectivity index (χ3n) is 4.24. The van der Waals surface area contributed by atoms with Gasteiger partial charge in [-0.05, 0) is 25.7 Å². The van der Waals surface area contributed by atoms with Crippen molar-refractivity contribution < 1.29 is 42.3 Å². The summed E-state index contributed by atoms with van der Waals surface area (Å²) in [7, 11) is 0. The minimum absolute atomic E-state index is 0. The second-order valence-corrected chi connectivity index (χ2v) is 4.78. The Kier molecular flexibility index (Phi) is 4.12. The number of carbonyl (C=O) groups is 2. The van der Waals surface area contributed by atoms with E-state index < -0.39 is 0 Å². The first-order valence-electron chi connectivity index (χ1n) is 5.41. The maximum Gasteiger partial charge on any atom is 3.00 e. The van der Waals surface area contributed by atoms with Gasteiger partial charge in [0.15, 0.2) is 0 Å². The summed E-state index contributed by atoms with van der Waals surface area (Å²) in [5.74, 6) is -0.498. The zero-order chi connectivity index (χ0) is 11.3. The van der Waals surface area contributed by atoms with Crippen molar-refractivity contribution in [2.45, 2.75) is 27.7 Å². The normalized spacial score (nSPS) is 38.0. The van der Waals surface area contributed by atoms with Crippen molar-refractivity contribution in [3.8, 4) is 0 Å². The Morgan fingerprint density at radius 1 is 0.875 bits per heavy atom. The number of imide groups is 1. The van der Waals surface area contributed by atoms with Gasteiger partial charge in [-0.3, -0.25) is 0 Å². The molecule has 0 aromatic heterocycles. The van der Waals surface area contributed by atoms with Crippen molar-refractivity contribution in [2.24, 2.45) is 23.7 Å². The first-order chi connectivity index (χ1) is 6.95. The van der Waals surface area contributed by atoms with Crippen LogP contribution < -0.4 is 0 Å². The maximum absolute atomic E-state index is 11.6. The molecule has 3 nitrogen and oxygen atoms in total. The van der Waals surface area contributed by atoms with E-state index in [1.165, 1.54) is 11.1 Å². The van der Waals surface area contributed by atoms with Gasteiger partial charge >= 0.3 is 32.7 Å². The zero-order valence-corrected chi connectivity index (χ0v) is 13.0. The fraction of sp³-hybridized carbons (Fsp3) is 0.667. The molecule has 0 spiro atoms. The molecule has 1 heterocycles. The molecule has 2 aliphatic rings. The van der Waals surface area contributed by atoms with Gasteiger partial charge in [-0.25, -0.2) is 0 Å². The van der Waals surface area contributed by atoms with E-state index in [1.807, 2.05) is 13.8 Å². The predicted molar refractivity (Wildman–Crippen MR) is 57.1 cm³/mol. The van der Waals surface area contributed by atoms with Crippen molar-refractivity contribution in [1.29, 1.82) is 0 Å². The molecule has 0 radical (unpaired) electrons. The van der Waals surface area contributed by atoms with Gasteiger partial charge in [0.1, 0.15) is 0 Å². The minimum atomic E-state index is -0.212. The molecular formula is C12H16NO2Y+2. The van der Waals surface area contributed by atoms with Crippen LogP contribution in [-0.4, -0.2) is 11.8 Å². The van der Waals surface area contributed by atoms with Crippen LogP contribution in [-0.2, 0) is 42.3 Å². The average Bonchev–Trinajstić information content (AvgIpc) is 2.47. The van der Waals surface area contributed by atoms with Crippen LogP contribution in [0.25, 0.3) is 5.32 Å². The van der Waals surface area contributed by atoms with Crippen LogP contribution in [0.1, 0.15) is 27.7 Å². The van der Waals surface area contributed by atoms with Crippen molar-refractivity contribution in [3.05, 3.63) is 16.5 Å². The first-order valence-corrected chi connectivity index (χ1v) is 5.41. The molecule has 1 aliphatic heterocycles. The van der Waals surface area contributed by atoms with Gasteiger partial charge in [0, 0.05) is 11.8 Å². The monoisotopic (exact) mass is 295 g/mol. The van der Waals surface area contributed by atoms with Crippen molar-refractivity contribution in [2.75, 3.05) is 0 Å². The van der Waals surface area contributed by atoms with Crippen LogP contribution in [0.3, 0.4) is 0 Å². The van der Waals surface area contributed by atoms with Crippen LogP contribution in [0.2, 0.25) is 0 Å². The third kappa shape index (κ3) is 1.82. The second-order valence-electron chi connectivity index (χ2n) is 4.78. The Balaban J connectivity index is 0.00000128.